The summed E-state index contributed by atoms with van der Waals surface area (Å²) in [5.74, 6) is 0.122. The number of hydrogen-bond donors (Lipinski definition) is 2. The maximum atomic E-state index is 6.06. The van der Waals surface area contributed by atoms with Gasteiger partial charge in [0.25, 0.3) is 0 Å². The molecule has 2 heterocycles. The zero-order chi connectivity index (χ0) is 13.2. The minimum Gasteiger partial charge on any atom is -0.346 e. The van der Waals surface area contributed by atoms with E-state index >= 15 is 0 Å². The van der Waals surface area contributed by atoms with Crippen molar-refractivity contribution >= 4 is 22.6 Å². The lowest BCUT2D eigenvalue weighted by molar-refractivity contribution is 0.825. The Balaban J connectivity index is 2.12. The first-order chi connectivity index (χ1) is 9.29. The molecule has 1 aromatic carbocycles. The van der Waals surface area contributed by atoms with E-state index in [4.69, 9.17) is 17.3 Å². The summed E-state index contributed by atoms with van der Waals surface area (Å²) in [5, 5.41) is 1.84. The van der Waals surface area contributed by atoms with E-state index in [0.717, 1.165) is 27.2 Å². The van der Waals surface area contributed by atoms with Crippen LogP contribution in [0.1, 0.15) is 17.0 Å². The van der Waals surface area contributed by atoms with Crippen molar-refractivity contribution in [2.75, 3.05) is 6.54 Å². The van der Waals surface area contributed by atoms with E-state index in [-0.39, 0.29) is 5.92 Å². The molecule has 0 aliphatic heterocycles. The summed E-state index contributed by atoms with van der Waals surface area (Å²) < 4.78 is 0. The molecule has 3 N–H and O–H groups in total. The molecule has 1 atom stereocenters. The Hall–Kier alpha value is -1.84. The highest BCUT2D eigenvalue weighted by atomic mass is 35.5. The number of H-pyrrole nitrogens is 1. The Labute approximate surface area is 116 Å². The molecule has 0 saturated heterocycles. The van der Waals surface area contributed by atoms with Crippen molar-refractivity contribution in [1.29, 1.82) is 0 Å². The highest BCUT2D eigenvalue weighted by Crippen LogP contribution is 2.30. The molecule has 2 aromatic heterocycles. The number of aromatic amines is 1. The van der Waals surface area contributed by atoms with E-state index in [1.165, 1.54) is 0 Å². The number of pyridine rings is 1. The lowest BCUT2D eigenvalue weighted by Gasteiger charge is -2.15. The Morgan fingerprint density at radius 3 is 2.95 bits per heavy atom. The van der Waals surface area contributed by atoms with Gasteiger partial charge in [0.1, 0.15) is 5.65 Å². The maximum Gasteiger partial charge on any atom is 0.137 e. The van der Waals surface area contributed by atoms with Crippen LogP contribution in [0.4, 0.5) is 0 Å². The van der Waals surface area contributed by atoms with Gasteiger partial charge in [-0.25, -0.2) is 4.98 Å². The molecule has 0 saturated carbocycles. The van der Waals surface area contributed by atoms with Crippen LogP contribution in [0.5, 0.6) is 0 Å². The fraction of sp³-hybridized carbons (Fsp3) is 0.133. The second-order valence-corrected chi connectivity index (χ2v) is 4.92. The Kier molecular flexibility index (Phi) is 3.23. The summed E-state index contributed by atoms with van der Waals surface area (Å²) in [6, 6.07) is 11.8. The molecule has 0 bridgehead atoms. The number of halogens is 1. The summed E-state index contributed by atoms with van der Waals surface area (Å²) in [6.07, 6.45) is 3.76. The third-order valence-corrected chi connectivity index (χ3v) is 3.58. The van der Waals surface area contributed by atoms with E-state index in [2.05, 4.69) is 22.1 Å². The zero-order valence-corrected chi connectivity index (χ0v) is 11.1. The second kappa shape index (κ2) is 5.03. The number of hydrogen-bond acceptors (Lipinski definition) is 2. The number of rotatable bonds is 3. The van der Waals surface area contributed by atoms with Crippen LogP contribution in [0, 0.1) is 0 Å². The summed E-state index contributed by atoms with van der Waals surface area (Å²) in [4.78, 5) is 7.50. The number of fused-ring (bicyclic) bond motifs is 1. The van der Waals surface area contributed by atoms with Crippen molar-refractivity contribution in [2.24, 2.45) is 5.73 Å². The lowest BCUT2D eigenvalue weighted by Crippen LogP contribution is -2.13. The summed E-state index contributed by atoms with van der Waals surface area (Å²) in [6.45, 7) is 0.530. The van der Waals surface area contributed by atoms with Crippen molar-refractivity contribution in [1.82, 2.24) is 9.97 Å². The third kappa shape index (κ3) is 2.23. The molecule has 0 spiro atoms. The first-order valence-electron chi connectivity index (χ1n) is 6.17. The SMILES string of the molecule is NCC(c1cccc(Cl)c1)c1c[nH]c2ncccc12. The minimum atomic E-state index is 0.122. The van der Waals surface area contributed by atoms with E-state index in [1.807, 2.05) is 30.5 Å². The van der Waals surface area contributed by atoms with E-state index in [9.17, 15) is 0 Å². The number of nitrogens with zero attached hydrogens (tertiary/aromatic N) is 1. The zero-order valence-electron chi connectivity index (χ0n) is 10.3. The molecule has 96 valence electrons. The molecule has 3 rings (SSSR count). The van der Waals surface area contributed by atoms with Crippen LogP contribution >= 0.6 is 11.6 Å². The maximum absolute atomic E-state index is 6.06. The number of benzene rings is 1. The van der Waals surface area contributed by atoms with Gasteiger partial charge in [-0.3, -0.25) is 0 Å². The Morgan fingerprint density at radius 1 is 1.26 bits per heavy atom. The molecular weight excluding hydrogens is 258 g/mol. The average Bonchev–Trinajstić information content (AvgIpc) is 2.84. The molecule has 3 aromatic rings. The van der Waals surface area contributed by atoms with E-state index in [0.29, 0.717) is 6.54 Å². The molecule has 4 heteroatoms. The van der Waals surface area contributed by atoms with Crippen LogP contribution in [0.25, 0.3) is 11.0 Å². The lowest BCUT2D eigenvalue weighted by atomic mass is 9.91. The van der Waals surface area contributed by atoms with Gasteiger partial charge in [0, 0.05) is 35.3 Å². The highest BCUT2D eigenvalue weighted by Gasteiger charge is 2.17. The van der Waals surface area contributed by atoms with E-state index in [1.54, 1.807) is 6.20 Å². The predicted molar refractivity (Wildman–Crippen MR) is 78.4 cm³/mol. The summed E-state index contributed by atoms with van der Waals surface area (Å²) in [5.41, 5.74) is 9.13. The standard InChI is InChI=1S/C15H14ClN3/c16-11-4-1-3-10(7-11)13(8-17)14-9-19-15-12(14)5-2-6-18-15/h1-7,9,13H,8,17H2,(H,18,19). The molecule has 0 aliphatic carbocycles. The molecule has 0 radical (unpaired) electrons. The van der Waals surface area contributed by atoms with Crippen molar-refractivity contribution in [3.63, 3.8) is 0 Å². The first kappa shape index (κ1) is 12.2. The molecule has 0 aliphatic rings. The quantitative estimate of drug-likeness (QED) is 0.768. The second-order valence-electron chi connectivity index (χ2n) is 4.49. The smallest absolute Gasteiger partial charge is 0.137 e. The van der Waals surface area contributed by atoms with Gasteiger partial charge in [-0.15, -0.1) is 0 Å². The molecule has 0 amide bonds. The minimum absolute atomic E-state index is 0.122. The van der Waals surface area contributed by atoms with Crippen molar-refractivity contribution in [3.05, 3.63) is 64.9 Å². The van der Waals surface area contributed by atoms with Gasteiger partial charge in [-0.05, 0) is 35.4 Å². The summed E-state index contributed by atoms with van der Waals surface area (Å²) >= 11 is 6.06. The number of nitrogens with two attached hydrogens (primary N) is 1. The fourth-order valence-corrected chi connectivity index (χ4v) is 2.63. The van der Waals surface area contributed by atoms with Crippen LogP contribution in [0.3, 0.4) is 0 Å². The van der Waals surface area contributed by atoms with Gasteiger partial charge in [0.05, 0.1) is 0 Å². The monoisotopic (exact) mass is 271 g/mol. The largest absolute Gasteiger partial charge is 0.346 e. The molecule has 3 nitrogen and oxygen atoms in total. The van der Waals surface area contributed by atoms with Crippen LogP contribution in [-0.4, -0.2) is 16.5 Å². The van der Waals surface area contributed by atoms with Gasteiger partial charge in [0.15, 0.2) is 0 Å². The Bertz CT molecular complexity index is 705. The van der Waals surface area contributed by atoms with Crippen LogP contribution in [0.2, 0.25) is 5.02 Å². The van der Waals surface area contributed by atoms with Gasteiger partial charge in [0.2, 0.25) is 0 Å². The topological polar surface area (TPSA) is 54.7 Å². The van der Waals surface area contributed by atoms with Crippen LogP contribution in [-0.2, 0) is 0 Å². The summed E-state index contributed by atoms with van der Waals surface area (Å²) in [7, 11) is 0. The van der Waals surface area contributed by atoms with Gasteiger partial charge < -0.3 is 10.7 Å². The number of nitrogens with one attached hydrogen (secondary N) is 1. The molecule has 0 fully saturated rings. The molecule has 1 unspecified atom stereocenters. The van der Waals surface area contributed by atoms with Crippen molar-refractivity contribution < 1.29 is 0 Å². The first-order valence-corrected chi connectivity index (χ1v) is 6.55. The fourth-order valence-electron chi connectivity index (χ4n) is 2.43. The van der Waals surface area contributed by atoms with Gasteiger partial charge in [-0.1, -0.05) is 23.7 Å². The normalized spacial score (nSPS) is 12.7. The highest BCUT2D eigenvalue weighted by molar-refractivity contribution is 6.30. The van der Waals surface area contributed by atoms with Gasteiger partial charge in [-0.2, -0.15) is 0 Å². The third-order valence-electron chi connectivity index (χ3n) is 3.35. The predicted octanol–water partition coefficient (Wildman–Crippen LogP) is 3.31. The van der Waals surface area contributed by atoms with Crippen molar-refractivity contribution in [2.45, 2.75) is 5.92 Å². The molecular formula is C15H14ClN3. The average molecular weight is 272 g/mol. The van der Waals surface area contributed by atoms with Crippen molar-refractivity contribution in [3.8, 4) is 0 Å². The Morgan fingerprint density at radius 2 is 2.16 bits per heavy atom. The molecule has 19 heavy (non-hydrogen) atoms. The van der Waals surface area contributed by atoms with Crippen LogP contribution in [0.15, 0.2) is 48.8 Å². The number of aromatic nitrogens is 2. The van der Waals surface area contributed by atoms with Gasteiger partial charge >= 0.3 is 0 Å². The van der Waals surface area contributed by atoms with E-state index < -0.39 is 0 Å². The van der Waals surface area contributed by atoms with Crippen LogP contribution < -0.4 is 5.73 Å².